The monoisotopic (exact) mass is 177 g/mol. The molecule has 0 heterocycles. The van der Waals surface area contributed by atoms with Gasteiger partial charge in [0, 0.05) is 5.71 Å². The number of nitrogens with one attached hydrogen (secondary N) is 1. The lowest BCUT2D eigenvalue weighted by Crippen LogP contribution is -2.13. The Balaban J connectivity index is 4.94. The minimum atomic E-state index is -4.41. The predicted molar refractivity (Wildman–Crippen MR) is 42.4 cm³/mol. The van der Waals surface area contributed by atoms with Crippen molar-refractivity contribution in [2.75, 3.05) is 0 Å². The van der Waals surface area contributed by atoms with E-state index in [0.29, 0.717) is 0 Å². The highest BCUT2D eigenvalue weighted by molar-refractivity contribution is 5.91. The van der Waals surface area contributed by atoms with Gasteiger partial charge in [-0.15, -0.1) is 0 Å². The lowest BCUT2D eigenvalue weighted by atomic mass is 10.1. The Labute approximate surface area is 69.1 Å². The average molecular weight is 177 g/mol. The lowest BCUT2D eigenvalue weighted by molar-refractivity contribution is -0.0891. The number of hydrogen-bond donors (Lipinski definition) is 1. The third-order valence-corrected chi connectivity index (χ3v) is 1.13. The van der Waals surface area contributed by atoms with Crippen LogP contribution in [0.5, 0.6) is 0 Å². The van der Waals surface area contributed by atoms with Crippen molar-refractivity contribution in [2.45, 2.75) is 20.0 Å². The van der Waals surface area contributed by atoms with Crippen LogP contribution in [0.3, 0.4) is 0 Å². The van der Waals surface area contributed by atoms with Crippen LogP contribution in [0.2, 0.25) is 0 Å². The topological polar surface area (TPSA) is 23.9 Å². The predicted octanol–water partition coefficient (Wildman–Crippen LogP) is 3.09. The van der Waals surface area contributed by atoms with Crippen LogP contribution in [0.4, 0.5) is 13.2 Å². The molecule has 0 aromatic carbocycles. The summed E-state index contributed by atoms with van der Waals surface area (Å²) in [6.45, 7) is 5.74. The van der Waals surface area contributed by atoms with Crippen molar-refractivity contribution in [1.82, 2.24) is 0 Å². The van der Waals surface area contributed by atoms with Gasteiger partial charge in [-0.1, -0.05) is 6.58 Å². The molecule has 0 saturated carbocycles. The number of hydrogen-bond acceptors (Lipinski definition) is 1. The molecule has 0 aromatic rings. The fourth-order valence-corrected chi connectivity index (χ4v) is 0.663. The van der Waals surface area contributed by atoms with E-state index in [2.05, 4.69) is 6.58 Å². The first-order valence-electron chi connectivity index (χ1n) is 3.25. The summed E-state index contributed by atoms with van der Waals surface area (Å²) < 4.78 is 36.3. The molecule has 1 nitrogen and oxygen atoms in total. The van der Waals surface area contributed by atoms with Gasteiger partial charge in [0.2, 0.25) is 0 Å². The van der Waals surface area contributed by atoms with Crippen LogP contribution in [-0.2, 0) is 0 Å². The van der Waals surface area contributed by atoms with E-state index in [1.54, 1.807) is 0 Å². The molecule has 4 heteroatoms. The Hall–Kier alpha value is -1.06. The van der Waals surface area contributed by atoms with Gasteiger partial charge in [-0.3, -0.25) is 0 Å². The number of halogens is 3. The van der Waals surface area contributed by atoms with Crippen LogP contribution in [0.15, 0.2) is 23.8 Å². The summed E-state index contributed by atoms with van der Waals surface area (Å²) in [5, 5.41) is 6.88. The van der Waals surface area contributed by atoms with Gasteiger partial charge >= 0.3 is 6.18 Å². The Morgan fingerprint density at radius 3 is 1.83 bits per heavy atom. The maximum Gasteiger partial charge on any atom is 0.416 e. The minimum Gasteiger partial charge on any atom is -0.306 e. The summed E-state index contributed by atoms with van der Waals surface area (Å²) >= 11 is 0. The Bertz CT molecular complexity index is 235. The summed E-state index contributed by atoms with van der Waals surface area (Å²) in [6.07, 6.45) is -3.64. The smallest absolute Gasteiger partial charge is 0.306 e. The van der Waals surface area contributed by atoms with E-state index in [1.807, 2.05) is 0 Å². The van der Waals surface area contributed by atoms with Gasteiger partial charge in [0.05, 0.1) is 5.57 Å². The van der Waals surface area contributed by atoms with Crippen LogP contribution >= 0.6 is 0 Å². The molecular formula is C8H10F3N. The van der Waals surface area contributed by atoms with Gasteiger partial charge in [0.15, 0.2) is 0 Å². The van der Waals surface area contributed by atoms with E-state index in [1.165, 1.54) is 13.8 Å². The van der Waals surface area contributed by atoms with Crippen molar-refractivity contribution in [1.29, 1.82) is 5.41 Å². The maximum absolute atomic E-state index is 12.1. The molecule has 0 spiro atoms. The molecule has 0 aliphatic rings. The van der Waals surface area contributed by atoms with Crippen LogP contribution in [0, 0.1) is 5.41 Å². The quantitative estimate of drug-likeness (QED) is 0.495. The molecule has 68 valence electrons. The van der Waals surface area contributed by atoms with Crippen molar-refractivity contribution < 1.29 is 13.2 Å². The second-order valence-corrected chi connectivity index (χ2v) is 2.52. The molecule has 0 aliphatic heterocycles. The van der Waals surface area contributed by atoms with E-state index >= 15 is 0 Å². The molecule has 0 saturated heterocycles. The van der Waals surface area contributed by atoms with Crippen LogP contribution in [0.1, 0.15) is 13.8 Å². The van der Waals surface area contributed by atoms with Crippen molar-refractivity contribution >= 4 is 5.71 Å². The number of allylic oxidation sites excluding steroid dienone is 3. The van der Waals surface area contributed by atoms with Crippen molar-refractivity contribution in [2.24, 2.45) is 0 Å². The number of rotatable bonds is 2. The van der Waals surface area contributed by atoms with Crippen molar-refractivity contribution in [3.05, 3.63) is 23.8 Å². The normalized spacial score (nSPS) is 12.9. The zero-order valence-corrected chi connectivity index (χ0v) is 6.92. The first-order chi connectivity index (χ1) is 5.25. The lowest BCUT2D eigenvalue weighted by Gasteiger charge is -2.10. The molecule has 0 aromatic heterocycles. The standard InChI is InChI=1S/C8H10F3N/c1-5(2)7(4-6(3)12)8(9,10)11/h4,12H,1H2,2-3H3/b7-4+,12-6?. The molecule has 0 radical (unpaired) electrons. The van der Waals surface area contributed by atoms with Crippen molar-refractivity contribution in [3.8, 4) is 0 Å². The van der Waals surface area contributed by atoms with Gasteiger partial charge < -0.3 is 5.41 Å². The van der Waals surface area contributed by atoms with Crippen LogP contribution in [0.25, 0.3) is 0 Å². The summed E-state index contributed by atoms with van der Waals surface area (Å²) in [6, 6.07) is 0. The average Bonchev–Trinajstić information content (AvgIpc) is 1.79. The van der Waals surface area contributed by atoms with Gasteiger partial charge in [0.25, 0.3) is 0 Å². The van der Waals surface area contributed by atoms with Gasteiger partial charge in [-0.2, -0.15) is 13.2 Å². The second-order valence-electron chi connectivity index (χ2n) is 2.52. The minimum absolute atomic E-state index is 0.0749. The highest BCUT2D eigenvalue weighted by Gasteiger charge is 2.33. The van der Waals surface area contributed by atoms with Crippen LogP contribution < -0.4 is 0 Å². The Morgan fingerprint density at radius 1 is 1.33 bits per heavy atom. The molecule has 0 aliphatic carbocycles. The fraction of sp³-hybridized carbons (Fsp3) is 0.375. The molecule has 12 heavy (non-hydrogen) atoms. The van der Waals surface area contributed by atoms with E-state index < -0.39 is 11.7 Å². The first-order valence-corrected chi connectivity index (χ1v) is 3.25. The first kappa shape index (κ1) is 10.9. The summed E-state index contributed by atoms with van der Waals surface area (Å²) in [5.41, 5.74) is -1.05. The Morgan fingerprint density at radius 2 is 1.75 bits per heavy atom. The summed E-state index contributed by atoms with van der Waals surface area (Å²) in [4.78, 5) is 0. The fourth-order valence-electron chi connectivity index (χ4n) is 0.663. The zero-order chi connectivity index (χ0) is 9.94. The highest BCUT2D eigenvalue weighted by atomic mass is 19.4. The molecular weight excluding hydrogens is 167 g/mol. The molecule has 0 fully saturated rings. The molecule has 1 N–H and O–H groups in total. The number of alkyl halides is 3. The van der Waals surface area contributed by atoms with Gasteiger partial charge in [-0.25, -0.2) is 0 Å². The molecule has 0 unspecified atom stereocenters. The van der Waals surface area contributed by atoms with E-state index in [-0.39, 0.29) is 11.3 Å². The molecule has 0 bridgehead atoms. The van der Waals surface area contributed by atoms with Gasteiger partial charge in [-0.05, 0) is 25.5 Å². The molecule has 0 amide bonds. The van der Waals surface area contributed by atoms with Crippen LogP contribution in [-0.4, -0.2) is 11.9 Å². The molecule has 0 atom stereocenters. The third-order valence-electron chi connectivity index (χ3n) is 1.13. The largest absolute Gasteiger partial charge is 0.416 e. The summed E-state index contributed by atoms with van der Waals surface area (Å²) in [7, 11) is 0. The summed E-state index contributed by atoms with van der Waals surface area (Å²) in [5.74, 6) is 0. The van der Waals surface area contributed by atoms with E-state index in [4.69, 9.17) is 5.41 Å². The van der Waals surface area contributed by atoms with Gasteiger partial charge in [0.1, 0.15) is 0 Å². The highest BCUT2D eigenvalue weighted by Crippen LogP contribution is 2.29. The Kier molecular flexibility index (Phi) is 3.24. The van der Waals surface area contributed by atoms with E-state index in [9.17, 15) is 13.2 Å². The second kappa shape index (κ2) is 3.56. The SMILES string of the molecule is C=C(C)/C(=C\C(C)=N)C(F)(F)F. The molecule has 0 rings (SSSR count). The third kappa shape index (κ3) is 3.37. The zero-order valence-electron chi connectivity index (χ0n) is 6.92. The van der Waals surface area contributed by atoms with E-state index in [0.717, 1.165) is 6.08 Å². The van der Waals surface area contributed by atoms with Crippen molar-refractivity contribution in [3.63, 3.8) is 0 Å². The maximum atomic E-state index is 12.1.